The Labute approximate surface area is 185 Å². The summed E-state index contributed by atoms with van der Waals surface area (Å²) in [6, 6.07) is 8.08. The fourth-order valence-electron chi connectivity index (χ4n) is 3.40. The average molecular weight is 438 g/mol. The lowest BCUT2D eigenvalue weighted by atomic mass is 10.1. The van der Waals surface area contributed by atoms with Crippen LogP contribution in [0.3, 0.4) is 0 Å². The molecule has 1 atom stereocenters. The van der Waals surface area contributed by atoms with Crippen molar-refractivity contribution in [2.45, 2.75) is 25.5 Å². The van der Waals surface area contributed by atoms with Crippen molar-refractivity contribution >= 4 is 17.5 Å². The van der Waals surface area contributed by atoms with Crippen LogP contribution in [0.5, 0.6) is 0 Å². The van der Waals surface area contributed by atoms with Gasteiger partial charge in [0.25, 0.3) is 0 Å². The van der Waals surface area contributed by atoms with Crippen LogP contribution in [-0.4, -0.2) is 62.4 Å². The Balaban J connectivity index is 1.63. The van der Waals surface area contributed by atoms with E-state index in [1.165, 1.54) is 16.7 Å². The number of imidazole rings is 1. The number of nitrogens with one attached hydrogen (secondary N) is 2. The van der Waals surface area contributed by atoms with Gasteiger partial charge in [-0.1, -0.05) is 24.3 Å². The molecule has 1 saturated carbocycles. The molecule has 168 valence electrons. The second-order valence-corrected chi connectivity index (χ2v) is 7.89. The normalized spacial score (nSPS) is 14.3. The third-order valence-electron chi connectivity index (χ3n) is 5.31. The summed E-state index contributed by atoms with van der Waals surface area (Å²) < 4.78 is 0. The molecule has 0 radical (unpaired) electrons. The largest absolute Gasteiger partial charge is 0.394 e. The minimum absolute atomic E-state index is 0.0771. The Morgan fingerprint density at radius 2 is 2.03 bits per heavy atom. The number of amides is 1. The predicted molar refractivity (Wildman–Crippen MR) is 120 cm³/mol. The Hall–Kier alpha value is -3.34. The van der Waals surface area contributed by atoms with E-state index in [1.54, 1.807) is 6.20 Å². The number of rotatable bonds is 9. The molecule has 32 heavy (non-hydrogen) atoms. The summed E-state index contributed by atoms with van der Waals surface area (Å²) in [5.41, 5.74) is 9.30. The number of hydrogen-bond donors (Lipinski definition) is 5. The molecule has 2 aromatic heterocycles. The fourth-order valence-corrected chi connectivity index (χ4v) is 3.40. The fraction of sp³-hybridized carbons (Fsp3) is 0.364. The number of aromatic amines is 1. The van der Waals surface area contributed by atoms with Gasteiger partial charge in [-0.05, 0) is 31.0 Å². The van der Waals surface area contributed by atoms with Gasteiger partial charge in [0.15, 0.2) is 23.2 Å². The molecule has 1 fully saturated rings. The second-order valence-electron chi connectivity index (χ2n) is 7.89. The molecule has 1 aliphatic carbocycles. The van der Waals surface area contributed by atoms with Crippen molar-refractivity contribution in [3.63, 3.8) is 0 Å². The van der Waals surface area contributed by atoms with Crippen LogP contribution in [0.25, 0.3) is 22.8 Å². The zero-order valence-electron chi connectivity index (χ0n) is 17.8. The zero-order chi connectivity index (χ0) is 22.7. The molecule has 2 heterocycles. The van der Waals surface area contributed by atoms with Crippen molar-refractivity contribution in [1.82, 2.24) is 25.3 Å². The highest BCUT2D eigenvalue weighted by atomic mass is 16.3. The van der Waals surface area contributed by atoms with E-state index < -0.39 is 12.7 Å². The van der Waals surface area contributed by atoms with Gasteiger partial charge in [0, 0.05) is 12.5 Å². The SMILES string of the molecule is CNCc1ccc(-c2cnc(-c3nc(N(CC(O)CO)C(=O)C4CC4)cnc3N)[nH]2)cc1. The lowest BCUT2D eigenvalue weighted by molar-refractivity contribution is -0.120. The van der Waals surface area contributed by atoms with Crippen LogP contribution in [0.2, 0.25) is 0 Å². The van der Waals surface area contributed by atoms with Gasteiger partial charge in [-0.25, -0.2) is 15.0 Å². The van der Waals surface area contributed by atoms with Crippen LogP contribution in [-0.2, 0) is 11.3 Å². The van der Waals surface area contributed by atoms with E-state index in [0.29, 0.717) is 11.5 Å². The van der Waals surface area contributed by atoms with Crippen molar-refractivity contribution in [3.8, 4) is 22.8 Å². The summed E-state index contributed by atoms with van der Waals surface area (Å²) in [6.07, 6.45) is 3.61. The minimum Gasteiger partial charge on any atom is -0.394 e. The van der Waals surface area contributed by atoms with Gasteiger partial charge in [0.1, 0.15) is 0 Å². The third kappa shape index (κ3) is 4.77. The summed E-state index contributed by atoms with van der Waals surface area (Å²) in [5.74, 6) is 0.607. The number of nitrogen functional groups attached to an aromatic ring is 1. The molecular formula is C22H27N7O3. The smallest absolute Gasteiger partial charge is 0.231 e. The molecule has 1 aliphatic rings. The van der Waals surface area contributed by atoms with E-state index in [9.17, 15) is 15.0 Å². The number of aliphatic hydroxyl groups excluding tert-OH is 2. The number of carbonyl (C=O) groups is 1. The van der Waals surface area contributed by atoms with E-state index in [4.69, 9.17) is 5.73 Å². The first-order chi connectivity index (χ1) is 15.5. The molecule has 1 unspecified atom stereocenters. The van der Waals surface area contributed by atoms with E-state index >= 15 is 0 Å². The van der Waals surface area contributed by atoms with E-state index in [-0.39, 0.29) is 30.0 Å². The summed E-state index contributed by atoms with van der Waals surface area (Å²) in [7, 11) is 1.90. The lowest BCUT2D eigenvalue weighted by Crippen LogP contribution is -2.40. The maximum atomic E-state index is 12.8. The Bertz CT molecular complexity index is 1080. The highest BCUT2D eigenvalue weighted by Crippen LogP contribution is 2.33. The lowest BCUT2D eigenvalue weighted by Gasteiger charge is -2.24. The molecule has 1 aromatic carbocycles. The Kier molecular flexibility index (Phi) is 6.45. The van der Waals surface area contributed by atoms with Crippen LogP contribution in [0.15, 0.2) is 36.7 Å². The number of carbonyl (C=O) groups excluding carboxylic acids is 1. The number of aliphatic hydroxyl groups is 2. The summed E-state index contributed by atoms with van der Waals surface area (Å²) in [5, 5.41) is 22.3. The molecule has 10 nitrogen and oxygen atoms in total. The molecule has 0 saturated heterocycles. The molecule has 1 amide bonds. The van der Waals surface area contributed by atoms with Crippen LogP contribution in [0, 0.1) is 5.92 Å². The average Bonchev–Trinajstić information content (AvgIpc) is 3.55. The summed E-state index contributed by atoms with van der Waals surface area (Å²) >= 11 is 0. The van der Waals surface area contributed by atoms with Gasteiger partial charge in [0.05, 0.1) is 37.3 Å². The van der Waals surface area contributed by atoms with Crippen molar-refractivity contribution in [3.05, 3.63) is 42.2 Å². The Morgan fingerprint density at radius 1 is 1.28 bits per heavy atom. The molecule has 3 aromatic rings. The second kappa shape index (κ2) is 9.43. The van der Waals surface area contributed by atoms with Crippen LogP contribution in [0.4, 0.5) is 11.6 Å². The topological polar surface area (TPSA) is 153 Å². The maximum absolute atomic E-state index is 12.8. The van der Waals surface area contributed by atoms with Crippen molar-refractivity contribution in [2.75, 3.05) is 30.8 Å². The first-order valence-electron chi connectivity index (χ1n) is 10.5. The number of benzene rings is 1. The number of hydrogen-bond acceptors (Lipinski definition) is 8. The Morgan fingerprint density at radius 3 is 2.69 bits per heavy atom. The van der Waals surface area contributed by atoms with Crippen molar-refractivity contribution in [1.29, 1.82) is 0 Å². The molecule has 0 spiro atoms. The van der Waals surface area contributed by atoms with Gasteiger partial charge in [-0.2, -0.15) is 0 Å². The number of H-pyrrole nitrogens is 1. The van der Waals surface area contributed by atoms with E-state index in [1.807, 2.05) is 31.3 Å². The van der Waals surface area contributed by atoms with Gasteiger partial charge in [0.2, 0.25) is 5.91 Å². The number of nitrogens with two attached hydrogens (primary N) is 1. The van der Waals surface area contributed by atoms with Crippen molar-refractivity contribution in [2.24, 2.45) is 5.92 Å². The van der Waals surface area contributed by atoms with E-state index in [0.717, 1.165) is 30.6 Å². The highest BCUT2D eigenvalue weighted by Gasteiger charge is 2.35. The molecule has 4 rings (SSSR count). The van der Waals surface area contributed by atoms with Gasteiger partial charge in [-0.3, -0.25) is 9.69 Å². The van der Waals surface area contributed by atoms with Gasteiger partial charge >= 0.3 is 0 Å². The van der Waals surface area contributed by atoms with Gasteiger partial charge in [-0.15, -0.1) is 0 Å². The summed E-state index contributed by atoms with van der Waals surface area (Å²) in [4.78, 5) is 30.5. The molecule has 10 heteroatoms. The zero-order valence-corrected chi connectivity index (χ0v) is 17.8. The first-order valence-corrected chi connectivity index (χ1v) is 10.5. The highest BCUT2D eigenvalue weighted by molar-refractivity contribution is 5.96. The standard InChI is InChI=1S/C22H27N7O3/c1-24-8-13-2-4-14(5-3-13)17-9-26-21(27-17)19-20(23)25-10-18(28-19)29(11-16(31)12-30)22(32)15-6-7-15/h2-5,9-10,15-16,24,30-31H,6-8,11-12H2,1H3,(H2,23,25)(H,26,27). The van der Waals surface area contributed by atoms with Crippen molar-refractivity contribution < 1.29 is 15.0 Å². The molecular weight excluding hydrogens is 410 g/mol. The molecule has 0 aliphatic heterocycles. The first kappa shape index (κ1) is 21.9. The van der Waals surface area contributed by atoms with Crippen LogP contribution < -0.4 is 16.0 Å². The summed E-state index contributed by atoms with van der Waals surface area (Å²) in [6.45, 7) is 0.249. The number of aromatic nitrogens is 4. The van der Waals surface area contributed by atoms with Gasteiger partial charge < -0.3 is 26.2 Å². The van der Waals surface area contributed by atoms with Crippen LogP contribution >= 0.6 is 0 Å². The predicted octanol–water partition coefficient (Wildman–Crippen LogP) is 0.931. The molecule has 0 bridgehead atoms. The van der Waals surface area contributed by atoms with E-state index in [2.05, 4.69) is 25.3 Å². The van der Waals surface area contributed by atoms with Crippen LogP contribution in [0.1, 0.15) is 18.4 Å². The third-order valence-corrected chi connectivity index (χ3v) is 5.31. The monoisotopic (exact) mass is 437 g/mol. The molecule has 6 N–H and O–H groups in total. The maximum Gasteiger partial charge on any atom is 0.231 e. The number of nitrogens with zero attached hydrogens (tertiary/aromatic N) is 4. The quantitative estimate of drug-likeness (QED) is 0.331. The minimum atomic E-state index is -1.08. The number of anilines is 2.